The molecule has 0 radical (unpaired) electrons. The predicted molar refractivity (Wildman–Crippen MR) is 77.6 cm³/mol. The van der Waals surface area contributed by atoms with Crippen molar-refractivity contribution in [1.29, 1.82) is 0 Å². The molecular weight excluding hydrogens is 270 g/mol. The molecule has 0 N–H and O–H groups in total. The molecule has 1 aliphatic rings. The molecule has 0 aliphatic carbocycles. The van der Waals surface area contributed by atoms with Gasteiger partial charge in [-0.25, -0.2) is 4.79 Å². The Balaban J connectivity index is 2.05. The van der Waals surface area contributed by atoms with Gasteiger partial charge >= 0.3 is 12.1 Å². The van der Waals surface area contributed by atoms with Crippen molar-refractivity contribution in [2.75, 3.05) is 7.11 Å². The normalized spacial score (nSPS) is 13.8. The minimum absolute atomic E-state index is 0.246. The highest BCUT2D eigenvalue weighted by atomic mass is 16.6. The van der Waals surface area contributed by atoms with E-state index in [1.54, 1.807) is 4.90 Å². The number of hydrogen-bond acceptors (Lipinski definition) is 4. The van der Waals surface area contributed by atoms with Crippen LogP contribution in [-0.2, 0) is 33.8 Å². The largest absolute Gasteiger partial charge is 0.469 e. The van der Waals surface area contributed by atoms with Crippen LogP contribution in [0.25, 0.3) is 0 Å². The molecule has 0 fully saturated rings. The second-order valence-corrected chi connectivity index (χ2v) is 6.19. The van der Waals surface area contributed by atoms with Gasteiger partial charge in [-0.15, -0.1) is 0 Å². The van der Waals surface area contributed by atoms with Crippen molar-refractivity contribution >= 4 is 12.1 Å². The van der Waals surface area contributed by atoms with Gasteiger partial charge in [0, 0.05) is 13.1 Å². The lowest BCUT2D eigenvalue weighted by molar-refractivity contribution is -0.139. The fraction of sp³-hybridized carbons (Fsp3) is 0.500. The lowest BCUT2D eigenvalue weighted by Gasteiger charge is -2.24. The predicted octanol–water partition coefficient (Wildman–Crippen LogP) is 2.65. The molecule has 0 bridgehead atoms. The molecule has 1 amide bonds. The molecule has 0 spiro atoms. The lowest BCUT2D eigenvalue weighted by atomic mass is 10.0. The first-order valence-corrected chi connectivity index (χ1v) is 6.94. The van der Waals surface area contributed by atoms with E-state index >= 15 is 0 Å². The van der Waals surface area contributed by atoms with Crippen LogP contribution >= 0.6 is 0 Å². The second-order valence-electron chi connectivity index (χ2n) is 6.19. The molecule has 0 unspecified atom stereocenters. The number of rotatable bonds is 2. The van der Waals surface area contributed by atoms with E-state index in [4.69, 9.17) is 4.74 Å². The van der Waals surface area contributed by atoms with Crippen molar-refractivity contribution in [2.45, 2.75) is 45.9 Å². The number of hydrogen-bond donors (Lipinski definition) is 0. The fourth-order valence-electron chi connectivity index (χ4n) is 2.25. The Morgan fingerprint density at radius 1 is 1.19 bits per heavy atom. The number of carbonyl (C=O) groups is 2. The molecular formula is C16H21NO4. The van der Waals surface area contributed by atoms with Crippen molar-refractivity contribution in [3.05, 3.63) is 34.9 Å². The molecule has 1 aromatic carbocycles. The van der Waals surface area contributed by atoms with Crippen LogP contribution in [0.15, 0.2) is 18.2 Å². The number of nitrogens with zero attached hydrogens (tertiary/aromatic N) is 1. The second kappa shape index (κ2) is 5.76. The molecule has 1 heterocycles. The zero-order chi connectivity index (χ0) is 15.6. The van der Waals surface area contributed by atoms with Gasteiger partial charge in [-0.2, -0.15) is 0 Å². The molecule has 0 saturated heterocycles. The quantitative estimate of drug-likeness (QED) is 0.786. The van der Waals surface area contributed by atoms with E-state index in [1.807, 2.05) is 39.0 Å². The molecule has 5 nitrogen and oxygen atoms in total. The van der Waals surface area contributed by atoms with Crippen molar-refractivity contribution in [3.63, 3.8) is 0 Å². The Labute approximate surface area is 124 Å². The SMILES string of the molecule is COC(=O)Cc1ccc2c(c1)CN(C(=O)OC(C)(C)C)C2. The van der Waals surface area contributed by atoms with Gasteiger partial charge < -0.3 is 9.47 Å². The van der Waals surface area contributed by atoms with E-state index in [9.17, 15) is 9.59 Å². The highest BCUT2D eigenvalue weighted by molar-refractivity contribution is 5.73. The van der Waals surface area contributed by atoms with Crippen molar-refractivity contribution in [1.82, 2.24) is 4.90 Å². The highest BCUT2D eigenvalue weighted by Gasteiger charge is 2.27. The van der Waals surface area contributed by atoms with Crippen LogP contribution in [0.2, 0.25) is 0 Å². The van der Waals surface area contributed by atoms with Crippen LogP contribution in [0.1, 0.15) is 37.5 Å². The zero-order valence-electron chi connectivity index (χ0n) is 12.9. The Morgan fingerprint density at radius 2 is 1.86 bits per heavy atom. The van der Waals surface area contributed by atoms with E-state index < -0.39 is 5.60 Å². The Kier molecular flexibility index (Phi) is 4.21. The van der Waals surface area contributed by atoms with Gasteiger partial charge in [0.05, 0.1) is 13.5 Å². The zero-order valence-corrected chi connectivity index (χ0v) is 12.9. The van der Waals surface area contributed by atoms with Crippen LogP contribution in [0, 0.1) is 0 Å². The summed E-state index contributed by atoms with van der Waals surface area (Å²) >= 11 is 0. The Morgan fingerprint density at radius 3 is 2.48 bits per heavy atom. The van der Waals surface area contributed by atoms with Crippen LogP contribution in [0.4, 0.5) is 4.79 Å². The van der Waals surface area contributed by atoms with Crippen LogP contribution < -0.4 is 0 Å². The molecule has 21 heavy (non-hydrogen) atoms. The van der Waals surface area contributed by atoms with Crippen molar-refractivity contribution < 1.29 is 19.1 Å². The van der Waals surface area contributed by atoms with Gasteiger partial charge in [-0.1, -0.05) is 18.2 Å². The van der Waals surface area contributed by atoms with E-state index in [-0.39, 0.29) is 18.5 Å². The molecule has 1 aromatic rings. The number of methoxy groups -OCH3 is 1. The standard InChI is InChI=1S/C16H21NO4/c1-16(2,3)21-15(19)17-9-12-6-5-11(7-13(12)10-17)8-14(18)20-4/h5-7H,8-10H2,1-4H3. The molecule has 5 heteroatoms. The first kappa shape index (κ1) is 15.4. The number of fused-ring (bicyclic) bond motifs is 1. The summed E-state index contributed by atoms with van der Waals surface area (Å²) in [4.78, 5) is 25.0. The first-order valence-electron chi connectivity index (χ1n) is 6.94. The molecule has 0 saturated carbocycles. The number of amides is 1. The van der Waals surface area contributed by atoms with Crippen molar-refractivity contribution in [2.24, 2.45) is 0 Å². The summed E-state index contributed by atoms with van der Waals surface area (Å²) in [7, 11) is 1.37. The molecule has 114 valence electrons. The average molecular weight is 291 g/mol. The maximum atomic E-state index is 12.1. The van der Waals surface area contributed by atoms with Crippen molar-refractivity contribution in [3.8, 4) is 0 Å². The number of carbonyl (C=O) groups excluding carboxylic acids is 2. The molecule has 1 aliphatic heterocycles. The van der Waals surface area contributed by atoms with Crippen LogP contribution in [0.3, 0.4) is 0 Å². The summed E-state index contributed by atoms with van der Waals surface area (Å²) in [5.74, 6) is -0.267. The summed E-state index contributed by atoms with van der Waals surface area (Å²) in [6.45, 7) is 6.61. The summed E-state index contributed by atoms with van der Waals surface area (Å²) in [5, 5.41) is 0. The third-order valence-corrected chi connectivity index (χ3v) is 3.22. The van der Waals surface area contributed by atoms with Gasteiger partial charge in [-0.05, 0) is 37.5 Å². The van der Waals surface area contributed by atoms with E-state index in [1.165, 1.54) is 7.11 Å². The van der Waals surface area contributed by atoms with Crippen LogP contribution in [0.5, 0.6) is 0 Å². The fourth-order valence-corrected chi connectivity index (χ4v) is 2.25. The van der Waals surface area contributed by atoms with Gasteiger partial charge in [0.2, 0.25) is 0 Å². The van der Waals surface area contributed by atoms with Gasteiger partial charge in [0.15, 0.2) is 0 Å². The maximum absolute atomic E-state index is 12.1. The first-order chi connectivity index (χ1) is 9.78. The number of esters is 1. The number of ether oxygens (including phenoxy) is 2. The lowest BCUT2D eigenvalue weighted by Crippen LogP contribution is -2.33. The third kappa shape index (κ3) is 3.97. The van der Waals surface area contributed by atoms with Gasteiger partial charge in [0.1, 0.15) is 5.60 Å². The minimum Gasteiger partial charge on any atom is -0.469 e. The van der Waals surface area contributed by atoms with E-state index in [2.05, 4.69) is 4.74 Å². The minimum atomic E-state index is -0.498. The topological polar surface area (TPSA) is 55.8 Å². The summed E-state index contributed by atoms with van der Waals surface area (Å²) in [6, 6.07) is 5.81. The summed E-state index contributed by atoms with van der Waals surface area (Å²) in [6.07, 6.45) is -0.0656. The molecule has 2 rings (SSSR count). The Hall–Kier alpha value is -2.04. The number of benzene rings is 1. The smallest absolute Gasteiger partial charge is 0.410 e. The highest BCUT2D eigenvalue weighted by Crippen LogP contribution is 2.25. The van der Waals surface area contributed by atoms with Gasteiger partial charge in [-0.3, -0.25) is 9.69 Å². The average Bonchev–Trinajstić information content (AvgIpc) is 2.79. The van der Waals surface area contributed by atoms with E-state index in [0.29, 0.717) is 13.1 Å². The van der Waals surface area contributed by atoms with Crippen LogP contribution in [-0.4, -0.2) is 29.7 Å². The Bertz CT molecular complexity index is 560. The van der Waals surface area contributed by atoms with E-state index in [0.717, 1.165) is 16.7 Å². The maximum Gasteiger partial charge on any atom is 0.410 e. The monoisotopic (exact) mass is 291 g/mol. The molecule has 0 atom stereocenters. The third-order valence-electron chi connectivity index (χ3n) is 3.22. The summed E-state index contributed by atoms with van der Waals surface area (Å²) in [5.41, 5.74) is 2.55. The summed E-state index contributed by atoms with van der Waals surface area (Å²) < 4.78 is 10.0. The molecule has 0 aromatic heterocycles. The van der Waals surface area contributed by atoms with Gasteiger partial charge in [0.25, 0.3) is 0 Å².